The number of aliphatic hydroxyl groups excluding tert-OH is 1. The molecule has 1 heterocycles. The van der Waals surface area contributed by atoms with Crippen molar-refractivity contribution in [3.8, 4) is 17.2 Å². The lowest BCUT2D eigenvalue weighted by Crippen LogP contribution is -2.32. The summed E-state index contributed by atoms with van der Waals surface area (Å²) in [6.45, 7) is 0.357. The second-order valence-electron chi connectivity index (χ2n) is 6.65. The molecule has 1 saturated heterocycles. The quantitative estimate of drug-likeness (QED) is 0.408. The number of nitrogens with zero attached hydrogens (tertiary/aromatic N) is 1. The Hall–Kier alpha value is -3.52. The third kappa shape index (κ3) is 3.81. The summed E-state index contributed by atoms with van der Waals surface area (Å²) in [7, 11) is 4.42. The van der Waals surface area contributed by atoms with Crippen molar-refractivity contribution < 1.29 is 34.0 Å². The molecule has 158 valence electrons. The molecule has 0 aliphatic carbocycles. The summed E-state index contributed by atoms with van der Waals surface area (Å²) in [5.74, 6) is -1.13. The van der Waals surface area contributed by atoms with Gasteiger partial charge in [0.2, 0.25) is 0 Å². The van der Waals surface area contributed by atoms with Crippen LogP contribution < -0.4 is 9.47 Å². The molecule has 1 atom stereocenters. The van der Waals surface area contributed by atoms with Gasteiger partial charge in [0.25, 0.3) is 11.7 Å². The van der Waals surface area contributed by atoms with Crippen LogP contribution in [-0.2, 0) is 14.3 Å². The number of hydrogen-bond acceptors (Lipinski definition) is 7. The molecule has 2 N–H and O–H groups in total. The zero-order valence-electron chi connectivity index (χ0n) is 16.9. The summed E-state index contributed by atoms with van der Waals surface area (Å²) < 4.78 is 15.4. The Morgan fingerprint density at radius 2 is 1.73 bits per heavy atom. The standard InChI is InChI=1S/C22H23NO7/c1-28-11-10-23-19(14-6-9-16(24)17(12-14)30-3)18(21(26)22(23)27)20(25)13-4-7-15(29-2)8-5-13/h4-9,12,19,24-25H,10-11H2,1-3H3/b20-18+. The summed E-state index contributed by atoms with van der Waals surface area (Å²) in [5, 5.41) is 20.9. The molecule has 0 aromatic heterocycles. The van der Waals surface area contributed by atoms with E-state index >= 15 is 0 Å². The Balaban J connectivity index is 2.16. The van der Waals surface area contributed by atoms with Gasteiger partial charge in [-0.3, -0.25) is 9.59 Å². The van der Waals surface area contributed by atoms with Crippen LogP contribution in [0, 0.1) is 0 Å². The summed E-state index contributed by atoms with van der Waals surface area (Å²) in [4.78, 5) is 26.9. The minimum Gasteiger partial charge on any atom is -0.507 e. The number of ether oxygens (including phenoxy) is 3. The van der Waals surface area contributed by atoms with E-state index in [1.807, 2.05) is 0 Å². The molecule has 30 heavy (non-hydrogen) atoms. The number of likely N-dealkylation sites (tertiary alicyclic amines) is 1. The van der Waals surface area contributed by atoms with E-state index in [9.17, 15) is 19.8 Å². The minimum absolute atomic E-state index is 0.0472. The summed E-state index contributed by atoms with van der Waals surface area (Å²) >= 11 is 0. The van der Waals surface area contributed by atoms with Crippen molar-refractivity contribution in [3.63, 3.8) is 0 Å². The summed E-state index contributed by atoms with van der Waals surface area (Å²) in [5.41, 5.74) is 0.834. The Bertz CT molecular complexity index is 981. The highest BCUT2D eigenvalue weighted by Gasteiger charge is 2.46. The third-order valence-corrected chi connectivity index (χ3v) is 4.96. The van der Waals surface area contributed by atoms with Crippen molar-refractivity contribution in [2.45, 2.75) is 6.04 Å². The number of carbonyl (C=O) groups is 2. The van der Waals surface area contributed by atoms with Gasteiger partial charge in [0.15, 0.2) is 11.5 Å². The first-order valence-corrected chi connectivity index (χ1v) is 9.21. The lowest BCUT2D eigenvalue weighted by atomic mass is 9.95. The fraction of sp³-hybridized carbons (Fsp3) is 0.273. The summed E-state index contributed by atoms with van der Waals surface area (Å²) in [6.07, 6.45) is 0. The van der Waals surface area contributed by atoms with Gasteiger partial charge in [0, 0.05) is 19.2 Å². The molecular weight excluding hydrogens is 390 g/mol. The van der Waals surface area contributed by atoms with Gasteiger partial charge in [0.1, 0.15) is 11.5 Å². The number of phenolic OH excluding ortho intramolecular Hbond substituents is 1. The predicted molar refractivity (Wildman–Crippen MR) is 109 cm³/mol. The van der Waals surface area contributed by atoms with Gasteiger partial charge < -0.3 is 29.3 Å². The lowest BCUT2D eigenvalue weighted by molar-refractivity contribution is -0.140. The molecular formula is C22H23NO7. The van der Waals surface area contributed by atoms with Gasteiger partial charge >= 0.3 is 0 Å². The second kappa shape index (κ2) is 8.87. The molecule has 1 aliphatic rings. The van der Waals surface area contributed by atoms with Crippen LogP contribution in [0.15, 0.2) is 48.0 Å². The highest BCUT2D eigenvalue weighted by Crippen LogP contribution is 2.41. The van der Waals surface area contributed by atoms with Gasteiger partial charge in [-0.25, -0.2) is 0 Å². The van der Waals surface area contributed by atoms with E-state index in [1.54, 1.807) is 30.3 Å². The molecule has 0 bridgehead atoms. The number of carbonyl (C=O) groups excluding carboxylic acids is 2. The number of rotatable bonds is 7. The lowest BCUT2D eigenvalue weighted by Gasteiger charge is -2.25. The molecule has 1 amide bonds. The first kappa shape index (κ1) is 21.2. The number of Topliss-reactive ketones (excluding diaryl/α,β-unsaturated/α-hetero) is 1. The molecule has 0 radical (unpaired) electrons. The van der Waals surface area contributed by atoms with E-state index in [2.05, 4.69) is 0 Å². The SMILES string of the molecule is COCCN1C(=O)C(=O)/C(=C(/O)c2ccc(OC)cc2)C1c1ccc(O)c(OC)c1. The van der Waals surface area contributed by atoms with E-state index in [1.165, 1.54) is 38.4 Å². The fourth-order valence-corrected chi connectivity index (χ4v) is 3.42. The number of phenols is 1. The van der Waals surface area contributed by atoms with Crippen molar-refractivity contribution >= 4 is 17.4 Å². The minimum atomic E-state index is -0.864. The summed E-state index contributed by atoms with van der Waals surface area (Å²) in [6, 6.07) is 10.2. The molecule has 1 aliphatic heterocycles. The van der Waals surface area contributed by atoms with Crippen molar-refractivity contribution in [1.82, 2.24) is 4.90 Å². The maximum absolute atomic E-state index is 12.9. The Labute approximate surface area is 173 Å². The van der Waals surface area contributed by atoms with E-state index in [0.29, 0.717) is 16.9 Å². The molecule has 0 spiro atoms. The molecule has 0 saturated carbocycles. The average molecular weight is 413 g/mol. The van der Waals surface area contributed by atoms with E-state index in [4.69, 9.17) is 14.2 Å². The smallest absolute Gasteiger partial charge is 0.295 e. The van der Waals surface area contributed by atoms with E-state index in [0.717, 1.165) is 0 Å². The Morgan fingerprint density at radius 1 is 1.03 bits per heavy atom. The average Bonchev–Trinajstić information content (AvgIpc) is 3.02. The maximum Gasteiger partial charge on any atom is 0.295 e. The normalized spacial score (nSPS) is 18.0. The highest BCUT2D eigenvalue weighted by molar-refractivity contribution is 6.46. The van der Waals surface area contributed by atoms with Crippen LogP contribution >= 0.6 is 0 Å². The number of ketones is 1. The Morgan fingerprint density at radius 3 is 2.33 bits per heavy atom. The number of benzene rings is 2. The van der Waals surface area contributed by atoms with Crippen LogP contribution in [-0.4, -0.2) is 61.3 Å². The number of hydrogen-bond donors (Lipinski definition) is 2. The van der Waals surface area contributed by atoms with E-state index in [-0.39, 0.29) is 36.0 Å². The number of methoxy groups -OCH3 is 3. The van der Waals surface area contributed by atoms with Crippen LogP contribution in [0.4, 0.5) is 0 Å². The van der Waals surface area contributed by atoms with Gasteiger partial charge in [-0.05, 0) is 42.0 Å². The molecule has 3 rings (SSSR count). The molecule has 2 aromatic carbocycles. The number of amides is 1. The van der Waals surface area contributed by atoms with Gasteiger partial charge in [-0.2, -0.15) is 0 Å². The third-order valence-electron chi connectivity index (χ3n) is 4.96. The zero-order chi connectivity index (χ0) is 21.8. The first-order valence-electron chi connectivity index (χ1n) is 9.21. The van der Waals surface area contributed by atoms with Gasteiger partial charge in [0.05, 0.1) is 32.4 Å². The number of aromatic hydroxyl groups is 1. The van der Waals surface area contributed by atoms with Crippen LogP contribution in [0.2, 0.25) is 0 Å². The van der Waals surface area contributed by atoms with Crippen LogP contribution in [0.5, 0.6) is 17.2 Å². The largest absolute Gasteiger partial charge is 0.507 e. The molecule has 8 heteroatoms. The zero-order valence-corrected chi connectivity index (χ0v) is 16.9. The van der Waals surface area contributed by atoms with Crippen LogP contribution in [0.3, 0.4) is 0 Å². The predicted octanol–water partition coefficient (Wildman–Crippen LogP) is 2.48. The van der Waals surface area contributed by atoms with Crippen molar-refractivity contribution in [2.75, 3.05) is 34.5 Å². The van der Waals surface area contributed by atoms with Crippen LogP contribution in [0.1, 0.15) is 17.2 Å². The number of aliphatic hydroxyl groups is 1. The monoisotopic (exact) mass is 413 g/mol. The molecule has 1 fully saturated rings. The van der Waals surface area contributed by atoms with Gasteiger partial charge in [-0.1, -0.05) is 6.07 Å². The molecule has 1 unspecified atom stereocenters. The van der Waals surface area contributed by atoms with Crippen molar-refractivity contribution in [3.05, 3.63) is 59.2 Å². The van der Waals surface area contributed by atoms with E-state index < -0.39 is 17.7 Å². The molecule has 8 nitrogen and oxygen atoms in total. The van der Waals surface area contributed by atoms with Crippen LogP contribution in [0.25, 0.3) is 5.76 Å². The first-order chi connectivity index (χ1) is 14.4. The van der Waals surface area contributed by atoms with Crippen molar-refractivity contribution in [1.29, 1.82) is 0 Å². The Kier molecular flexibility index (Phi) is 6.27. The maximum atomic E-state index is 12.9. The van der Waals surface area contributed by atoms with Crippen molar-refractivity contribution in [2.24, 2.45) is 0 Å². The van der Waals surface area contributed by atoms with Gasteiger partial charge in [-0.15, -0.1) is 0 Å². The topological polar surface area (TPSA) is 106 Å². The highest BCUT2D eigenvalue weighted by atomic mass is 16.5. The second-order valence-corrected chi connectivity index (χ2v) is 6.65. The fourth-order valence-electron chi connectivity index (χ4n) is 3.42. The molecule has 2 aromatic rings.